The Labute approximate surface area is 133 Å². The number of hydrogen-bond donors (Lipinski definition) is 2. The van der Waals surface area contributed by atoms with Crippen LogP contribution in [-0.2, 0) is 6.54 Å². The number of anilines is 2. The molecule has 0 aliphatic carbocycles. The van der Waals surface area contributed by atoms with Gasteiger partial charge >= 0.3 is 0 Å². The van der Waals surface area contributed by atoms with Crippen LogP contribution in [0.1, 0.15) is 22.1 Å². The van der Waals surface area contributed by atoms with Crippen molar-refractivity contribution >= 4 is 17.3 Å². The molecule has 0 spiro atoms. The van der Waals surface area contributed by atoms with Crippen LogP contribution >= 0.6 is 0 Å². The highest BCUT2D eigenvalue weighted by Gasteiger charge is 2.12. The van der Waals surface area contributed by atoms with Gasteiger partial charge in [-0.25, -0.2) is 0 Å². The molecule has 0 aliphatic heterocycles. The van der Waals surface area contributed by atoms with Crippen molar-refractivity contribution in [1.29, 1.82) is 0 Å². The first kappa shape index (κ1) is 14.8. The first-order valence-electron chi connectivity index (χ1n) is 7.21. The van der Waals surface area contributed by atoms with E-state index in [0.717, 1.165) is 5.69 Å². The van der Waals surface area contributed by atoms with Crippen molar-refractivity contribution in [2.24, 2.45) is 0 Å². The Bertz CT molecular complexity index is 799. The number of aryl methyl sites for hydroxylation is 1. The van der Waals surface area contributed by atoms with E-state index >= 15 is 0 Å². The van der Waals surface area contributed by atoms with E-state index in [9.17, 15) is 4.79 Å². The van der Waals surface area contributed by atoms with Gasteiger partial charge in [0, 0.05) is 11.4 Å². The lowest BCUT2D eigenvalue weighted by Gasteiger charge is -2.11. The number of rotatable bonds is 5. The highest BCUT2D eigenvalue weighted by atomic mass is 16.5. The topological polar surface area (TPSA) is 80.0 Å². The molecule has 1 amide bonds. The lowest BCUT2D eigenvalue weighted by Crippen LogP contribution is -2.14. The molecule has 0 unspecified atom stereocenters. The van der Waals surface area contributed by atoms with Crippen LogP contribution < -0.4 is 10.6 Å². The summed E-state index contributed by atoms with van der Waals surface area (Å²) in [5, 5.41) is 9.76. The third-order valence-corrected chi connectivity index (χ3v) is 3.20. The van der Waals surface area contributed by atoms with Crippen molar-refractivity contribution in [1.82, 2.24) is 10.1 Å². The van der Waals surface area contributed by atoms with Crippen molar-refractivity contribution in [2.75, 3.05) is 10.6 Å². The van der Waals surface area contributed by atoms with E-state index in [2.05, 4.69) is 20.8 Å². The van der Waals surface area contributed by atoms with Gasteiger partial charge in [-0.2, -0.15) is 4.98 Å². The van der Waals surface area contributed by atoms with Crippen LogP contribution in [0.4, 0.5) is 11.4 Å². The average molecular weight is 308 g/mol. The van der Waals surface area contributed by atoms with E-state index in [0.29, 0.717) is 29.5 Å². The predicted molar refractivity (Wildman–Crippen MR) is 87.2 cm³/mol. The fourth-order valence-electron chi connectivity index (χ4n) is 2.14. The maximum Gasteiger partial charge on any atom is 0.257 e. The van der Waals surface area contributed by atoms with Gasteiger partial charge in [-0.3, -0.25) is 4.79 Å². The number of para-hydroxylation sites is 2. The van der Waals surface area contributed by atoms with Gasteiger partial charge in [0.05, 0.1) is 12.1 Å². The fraction of sp³-hybridized carbons (Fsp3) is 0.118. The first-order valence-corrected chi connectivity index (χ1v) is 7.21. The van der Waals surface area contributed by atoms with Gasteiger partial charge in [0.15, 0.2) is 5.82 Å². The molecule has 2 N–H and O–H groups in total. The lowest BCUT2D eigenvalue weighted by atomic mass is 10.1. The number of nitrogens with zero attached hydrogens (tertiary/aromatic N) is 2. The first-order chi connectivity index (χ1) is 11.2. The number of hydrogen-bond acceptors (Lipinski definition) is 5. The van der Waals surface area contributed by atoms with Crippen LogP contribution in [0, 0.1) is 6.92 Å². The maximum atomic E-state index is 12.4. The highest BCUT2D eigenvalue weighted by molar-refractivity contribution is 6.08. The molecular formula is C17H16N4O2. The van der Waals surface area contributed by atoms with Crippen LogP contribution in [0.3, 0.4) is 0 Å². The van der Waals surface area contributed by atoms with Crippen molar-refractivity contribution in [3.63, 3.8) is 0 Å². The summed E-state index contributed by atoms with van der Waals surface area (Å²) in [6.45, 7) is 2.12. The summed E-state index contributed by atoms with van der Waals surface area (Å²) < 4.78 is 5.06. The molecule has 0 aliphatic rings. The molecule has 116 valence electrons. The summed E-state index contributed by atoms with van der Waals surface area (Å²) in [6, 6.07) is 16.6. The molecule has 0 saturated carbocycles. The van der Waals surface area contributed by atoms with E-state index in [1.165, 1.54) is 0 Å². The zero-order valence-corrected chi connectivity index (χ0v) is 12.6. The molecular weight excluding hydrogens is 292 g/mol. The Morgan fingerprint density at radius 1 is 1.09 bits per heavy atom. The molecule has 6 heteroatoms. The normalized spacial score (nSPS) is 10.3. The molecule has 0 fully saturated rings. The summed E-state index contributed by atoms with van der Waals surface area (Å²) in [4.78, 5) is 16.6. The Balaban J connectivity index is 1.73. The number of aromatic nitrogens is 2. The number of nitrogens with one attached hydrogen (secondary N) is 2. The second kappa shape index (κ2) is 6.74. The Kier molecular flexibility index (Phi) is 4.33. The van der Waals surface area contributed by atoms with Gasteiger partial charge < -0.3 is 15.2 Å². The third kappa shape index (κ3) is 3.74. The molecule has 23 heavy (non-hydrogen) atoms. The lowest BCUT2D eigenvalue weighted by molar-refractivity contribution is 0.102. The van der Waals surface area contributed by atoms with E-state index < -0.39 is 0 Å². The minimum absolute atomic E-state index is 0.180. The number of carbonyl (C=O) groups is 1. The third-order valence-electron chi connectivity index (χ3n) is 3.20. The van der Waals surface area contributed by atoms with Gasteiger partial charge in [-0.05, 0) is 31.2 Å². The zero-order chi connectivity index (χ0) is 16.1. The molecule has 0 saturated heterocycles. The van der Waals surface area contributed by atoms with Crippen molar-refractivity contribution in [2.45, 2.75) is 13.5 Å². The van der Waals surface area contributed by atoms with Gasteiger partial charge in [0.2, 0.25) is 5.89 Å². The summed E-state index contributed by atoms with van der Waals surface area (Å²) in [6.07, 6.45) is 0. The molecule has 0 atom stereocenters. The molecule has 1 aromatic heterocycles. The Morgan fingerprint density at radius 3 is 2.57 bits per heavy atom. The molecule has 2 aromatic carbocycles. The largest absolute Gasteiger partial charge is 0.375 e. The van der Waals surface area contributed by atoms with E-state index in [4.69, 9.17) is 4.52 Å². The van der Waals surface area contributed by atoms with Gasteiger partial charge in [-0.15, -0.1) is 0 Å². The smallest absolute Gasteiger partial charge is 0.257 e. The van der Waals surface area contributed by atoms with Crippen LogP contribution in [-0.4, -0.2) is 16.0 Å². The Morgan fingerprint density at radius 2 is 1.83 bits per heavy atom. The maximum absolute atomic E-state index is 12.4. The quantitative estimate of drug-likeness (QED) is 0.756. The summed E-state index contributed by atoms with van der Waals surface area (Å²) in [5.41, 5.74) is 2.00. The number of carbonyl (C=O) groups excluding carboxylic acids is 1. The molecule has 6 nitrogen and oxygen atoms in total. The second-order valence-corrected chi connectivity index (χ2v) is 4.95. The SMILES string of the molecule is Cc1noc(CNc2ccccc2C(=O)Nc2ccccc2)n1. The van der Waals surface area contributed by atoms with Crippen molar-refractivity contribution in [3.8, 4) is 0 Å². The summed E-state index contributed by atoms with van der Waals surface area (Å²) >= 11 is 0. The Hall–Kier alpha value is -3.15. The molecule has 3 rings (SSSR count). The van der Waals surface area contributed by atoms with Crippen LogP contribution in [0.25, 0.3) is 0 Å². The van der Waals surface area contributed by atoms with Crippen LogP contribution in [0.2, 0.25) is 0 Å². The monoisotopic (exact) mass is 308 g/mol. The average Bonchev–Trinajstić information content (AvgIpc) is 2.99. The van der Waals surface area contributed by atoms with Gasteiger partial charge in [-0.1, -0.05) is 35.5 Å². The van der Waals surface area contributed by atoms with Crippen LogP contribution in [0.5, 0.6) is 0 Å². The molecule has 3 aromatic rings. The molecule has 0 bridgehead atoms. The van der Waals surface area contributed by atoms with Gasteiger partial charge in [0.25, 0.3) is 5.91 Å². The van der Waals surface area contributed by atoms with Crippen molar-refractivity contribution in [3.05, 3.63) is 71.9 Å². The standard InChI is InChI=1S/C17H16N4O2/c1-12-19-16(23-21-12)11-18-15-10-6-5-9-14(15)17(22)20-13-7-3-2-4-8-13/h2-10,18H,11H2,1H3,(H,20,22). The fourth-order valence-corrected chi connectivity index (χ4v) is 2.14. The summed E-state index contributed by atoms with van der Waals surface area (Å²) in [7, 11) is 0. The molecule has 1 heterocycles. The van der Waals surface area contributed by atoms with Crippen LogP contribution in [0.15, 0.2) is 59.1 Å². The van der Waals surface area contributed by atoms with E-state index in [1.54, 1.807) is 13.0 Å². The minimum Gasteiger partial charge on any atom is -0.375 e. The number of amides is 1. The zero-order valence-electron chi connectivity index (χ0n) is 12.6. The minimum atomic E-state index is -0.180. The molecule has 0 radical (unpaired) electrons. The van der Waals surface area contributed by atoms with Gasteiger partial charge in [0.1, 0.15) is 0 Å². The summed E-state index contributed by atoms with van der Waals surface area (Å²) in [5.74, 6) is 0.874. The van der Waals surface area contributed by atoms with Crippen molar-refractivity contribution < 1.29 is 9.32 Å². The second-order valence-electron chi connectivity index (χ2n) is 4.95. The van der Waals surface area contributed by atoms with E-state index in [-0.39, 0.29) is 5.91 Å². The predicted octanol–water partition coefficient (Wildman–Crippen LogP) is 3.24. The van der Waals surface area contributed by atoms with E-state index in [1.807, 2.05) is 48.5 Å². The number of benzene rings is 2. The highest BCUT2D eigenvalue weighted by Crippen LogP contribution is 2.18.